The lowest BCUT2D eigenvalue weighted by atomic mass is 10.0. The quantitative estimate of drug-likeness (QED) is 0.639. The second-order valence-electron chi connectivity index (χ2n) is 5.00. The van der Waals surface area contributed by atoms with E-state index in [1.807, 2.05) is 6.92 Å². The molecule has 1 aliphatic heterocycles. The first-order chi connectivity index (χ1) is 9.72. The molecule has 0 saturated carbocycles. The Morgan fingerprint density at radius 2 is 1.73 bits per heavy atom. The van der Waals surface area contributed by atoms with Gasteiger partial charge in [0.2, 0.25) is 10.0 Å². The molecule has 10 heteroatoms. The zero-order valence-corrected chi connectivity index (χ0v) is 13.1. The molecule has 0 aromatic heterocycles. The second kappa shape index (κ2) is 7.12. The molecule has 1 heterocycles. The van der Waals surface area contributed by atoms with E-state index in [0.29, 0.717) is 19.4 Å². The van der Waals surface area contributed by atoms with Gasteiger partial charge in [0.15, 0.2) is 28.2 Å². The molecule has 2 N–H and O–H groups in total. The number of halogens is 5. The van der Waals surface area contributed by atoms with E-state index in [-0.39, 0.29) is 24.5 Å². The molecule has 1 aliphatic rings. The van der Waals surface area contributed by atoms with E-state index in [1.54, 1.807) is 0 Å². The molecule has 2 unspecified atom stereocenters. The van der Waals surface area contributed by atoms with Gasteiger partial charge in [-0.25, -0.2) is 30.7 Å². The van der Waals surface area contributed by atoms with Gasteiger partial charge >= 0.3 is 0 Å². The monoisotopic (exact) mass is 362 g/mol. The Hall–Kier alpha value is -0.900. The maximum atomic E-state index is 13.6. The van der Waals surface area contributed by atoms with Crippen molar-refractivity contribution in [2.45, 2.75) is 36.7 Å². The zero-order chi connectivity index (χ0) is 15.8. The summed E-state index contributed by atoms with van der Waals surface area (Å²) in [6.45, 7) is 2.35. The predicted octanol–water partition coefficient (Wildman–Crippen LogP) is 2.08. The minimum Gasteiger partial charge on any atom is -0.314 e. The lowest BCUT2D eigenvalue weighted by Crippen LogP contribution is -2.46. The van der Waals surface area contributed by atoms with Crippen molar-refractivity contribution in [3.05, 3.63) is 29.3 Å². The lowest BCUT2D eigenvalue weighted by molar-refractivity contribution is 0.359. The molecule has 1 fully saturated rings. The Morgan fingerprint density at radius 1 is 1.18 bits per heavy atom. The third kappa shape index (κ3) is 3.89. The van der Waals surface area contributed by atoms with Gasteiger partial charge in [-0.1, -0.05) is 0 Å². The molecular weight excluding hydrogens is 348 g/mol. The molecule has 1 aromatic rings. The average molecular weight is 363 g/mol. The molecule has 2 rings (SSSR count). The van der Waals surface area contributed by atoms with Crippen molar-refractivity contribution in [1.29, 1.82) is 0 Å². The Labute approximate surface area is 131 Å². The van der Waals surface area contributed by atoms with Gasteiger partial charge in [0.1, 0.15) is 0 Å². The molecule has 0 amide bonds. The third-order valence-electron chi connectivity index (χ3n) is 3.29. The van der Waals surface area contributed by atoms with Gasteiger partial charge in [-0.2, -0.15) is 0 Å². The predicted molar refractivity (Wildman–Crippen MR) is 74.3 cm³/mol. The topological polar surface area (TPSA) is 58.2 Å². The van der Waals surface area contributed by atoms with Gasteiger partial charge in [-0.3, -0.25) is 0 Å². The normalized spacial score (nSPS) is 22.2. The molecule has 0 bridgehead atoms. The van der Waals surface area contributed by atoms with Gasteiger partial charge in [-0.15, -0.1) is 12.4 Å². The summed E-state index contributed by atoms with van der Waals surface area (Å²) in [4.78, 5) is -1.62. The Balaban J connectivity index is 0.00000242. The maximum absolute atomic E-state index is 13.6. The minimum atomic E-state index is -4.70. The van der Waals surface area contributed by atoms with Crippen LogP contribution in [-0.2, 0) is 10.0 Å². The molecule has 0 spiro atoms. The number of nitrogens with one attached hydrogen (secondary N) is 2. The lowest BCUT2D eigenvalue weighted by Gasteiger charge is -2.28. The minimum absolute atomic E-state index is 0. The van der Waals surface area contributed by atoms with E-state index in [0.717, 1.165) is 0 Å². The van der Waals surface area contributed by atoms with Crippen LogP contribution in [0.15, 0.2) is 11.0 Å². The largest absolute Gasteiger partial charge is 0.314 e. The molecule has 126 valence electrons. The summed E-state index contributed by atoms with van der Waals surface area (Å²) in [5.74, 6) is -7.37. The van der Waals surface area contributed by atoms with Gasteiger partial charge in [0.05, 0.1) is 0 Å². The van der Waals surface area contributed by atoms with Gasteiger partial charge < -0.3 is 5.32 Å². The van der Waals surface area contributed by atoms with E-state index in [4.69, 9.17) is 0 Å². The van der Waals surface area contributed by atoms with Crippen molar-refractivity contribution in [1.82, 2.24) is 10.0 Å². The van der Waals surface area contributed by atoms with Crippen LogP contribution in [0.3, 0.4) is 0 Å². The van der Waals surface area contributed by atoms with Crippen LogP contribution in [0.4, 0.5) is 17.6 Å². The first-order valence-corrected chi connectivity index (χ1v) is 7.79. The number of hydrogen-bond acceptors (Lipinski definition) is 3. The maximum Gasteiger partial charge on any atom is 0.246 e. The van der Waals surface area contributed by atoms with E-state index < -0.39 is 44.2 Å². The highest BCUT2D eigenvalue weighted by Crippen LogP contribution is 2.24. The average Bonchev–Trinajstić information content (AvgIpc) is 2.35. The number of benzene rings is 1. The fourth-order valence-corrected chi connectivity index (χ4v) is 3.74. The van der Waals surface area contributed by atoms with Crippen molar-refractivity contribution < 1.29 is 26.0 Å². The molecule has 0 radical (unpaired) electrons. The number of piperidine rings is 1. The summed E-state index contributed by atoms with van der Waals surface area (Å²) in [6.07, 6.45) is 0.810. The summed E-state index contributed by atoms with van der Waals surface area (Å²) in [6, 6.07) is -0.571. The smallest absolute Gasteiger partial charge is 0.246 e. The summed E-state index contributed by atoms with van der Waals surface area (Å²) >= 11 is 0. The van der Waals surface area contributed by atoms with E-state index in [1.165, 1.54) is 0 Å². The number of hydrogen-bond donors (Lipinski definition) is 2. The Bertz CT molecular complexity index is 631. The molecule has 0 aliphatic carbocycles. The van der Waals surface area contributed by atoms with Crippen LogP contribution in [0, 0.1) is 23.3 Å². The Morgan fingerprint density at radius 3 is 2.23 bits per heavy atom. The van der Waals surface area contributed by atoms with E-state index in [2.05, 4.69) is 10.0 Å². The Kier molecular flexibility index (Phi) is 6.19. The molecule has 22 heavy (non-hydrogen) atoms. The SMILES string of the molecule is CC1CC(NS(=O)(=O)c2c(F)c(F)cc(F)c2F)CCN1.Cl. The zero-order valence-electron chi connectivity index (χ0n) is 11.5. The van der Waals surface area contributed by atoms with Crippen molar-refractivity contribution in [3.63, 3.8) is 0 Å². The van der Waals surface area contributed by atoms with E-state index in [9.17, 15) is 26.0 Å². The van der Waals surface area contributed by atoms with Crippen molar-refractivity contribution in [2.75, 3.05) is 6.54 Å². The van der Waals surface area contributed by atoms with E-state index >= 15 is 0 Å². The van der Waals surface area contributed by atoms with Crippen molar-refractivity contribution in [3.8, 4) is 0 Å². The third-order valence-corrected chi connectivity index (χ3v) is 4.83. The fourth-order valence-electron chi connectivity index (χ4n) is 2.30. The van der Waals surface area contributed by atoms with Crippen LogP contribution in [0.5, 0.6) is 0 Å². The molecule has 4 nitrogen and oxygen atoms in total. The van der Waals surface area contributed by atoms with Crippen molar-refractivity contribution >= 4 is 22.4 Å². The summed E-state index contributed by atoms with van der Waals surface area (Å²) in [5, 5.41) is 3.08. The standard InChI is InChI=1S/C12H14F4N2O2S.ClH/c1-6-4-7(2-3-17-6)18-21(19,20)12-10(15)8(13)5-9(14)11(12)16;/h5-7,17-18H,2-4H2,1H3;1H. The van der Waals surface area contributed by atoms with Crippen molar-refractivity contribution in [2.24, 2.45) is 0 Å². The highest BCUT2D eigenvalue weighted by atomic mass is 35.5. The van der Waals surface area contributed by atoms with Crippen LogP contribution < -0.4 is 10.0 Å². The van der Waals surface area contributed by atoms with Crippen LogP contribution in [0.25, 0.3) is 0 Å². The molecule has 2 atom stereocenters. The fraction of sp³-hybridized carbons (Fsp3) is 0.500. The second-order valence-corrected chi connectivity index (χ2v) is 6.65. The first-order valence-electron chi connectivity index (χ1n) is 6.31. The van der Waals surface area contributed by atoms with Crippen LogP contribution in [0.2, 0.25) is 0 Å². The van der Waals surface area contributed by atoms with Gasteiger partial charge in [-0.05, 0) is 26.3 Å². The summed E-state index contributed by atoms with van der Waals surface area (Å²) < 4.78 is 79.4. The van der Waals surface area contributed by atoms with Gasteiger partial charge in [0, 0.05) is 18.2 Å². The number of rotatable bonds is 3. The van der Waals surface area contributed by atoms with Crippen LogP contribution in [-0.4, -0.2) is 27.0 Å². The first kappa shape index (κ1) is 19.1. The highest BCUT2D eigenvalue weighted by Gasteiger charge is 2.32. The molecule has 1 aromatic carbocycles. The highest BCUT2D eigenvalue weighted by molar-refractivity contribution is 7.89. The molecular formula is C12H15ClF4N2O2S. The van der Waals surface area contributed by atoms with Crippen LogP contribution >= 0.6 is 12.4 Å². The molecule has 1 saturated heterocycles. The summed E-state index contributed by atoms with van der Waals surface area (Å²) in [5.41, 5.74) is 0. The summed E-state index contributed by atoms with van der Waals surface area (Å²) in [7, 11) is -4.70. The number of sulfonamides is 1. The van der Waals surface area contributed by atoms with Crippen LogP contribution in [0.1, 0.15) is 19.8 Å². The van der Waals surface area contributed by atoms with Gasteiger partial charge in [0.25, 0.3) is 0 Å².